The van der Waals surface area contributed by atoms with Crippen LogP contribution in [0.25, 0.3) is 11.1 Å². The van der Waals surface area contributed by atoms with Crippen LogP contribution in [0.2, 0.25) is 0 Å². The largest absolute Gasteiger partial charge is 0.462 e. The summed E-state index contributed by atoms with van der Waals surface area (Å²) in [6, 6.07) is 15.1. The van der Waals surface area contributed by atoms with E-state index < -0.39 is 10.9 Å². The number of rotatable bonds is 7. The number of azo groups is 1. The third-order valence-electron chi connectivity index (χ3n) is 4.71. The number of nitro groups is 1. The first-order valence-corrected chi connectivity index (χ1v) is 10.6. The second-order valence-corrected chi connectivity index (χ2v) is 7.78. The van der Waals surface area contributed by atoms with Crippen molar-refractivity contribution in [1.82, 2.24) is 0 Å². The lowest BCUT2D eigenvalue weighted by atomic mass is 10.0. The molecular formula is C22H17N5O4S. The molecule has 10 heteroatoms. The van der Waals surface area contributed by atoms with Gasteiger partial charge in [0, 0.05) is 30.8 Å². The molecule has 4 rings (SSSR count). The molecular weight excluding hydrogens is 430 g/mol. The molecule has 0 aliphatic carbocycles. The molecule has 2 heterocycles. The monoisotopic (exact) mass is 447 g/mol. The summed E-state index contributed by atoms with van der Waals surface area (Å²) in [5, 5.41) is 30.2. The first kappa shape index (κ1) is 21.1. The molecule has 1 fully saturated rings. The van der Waals surface area contributed by atoms with Crippen LogP contribution in [0.1, 0.15) is 22.8 Å². The van der Waals surface area contributed by atoms with Gasteiger partial charge in [-0.2, -0.15) is 5.26 Å². The lowest BCUT2D eigenvalue weighted by Crippen LogP contribution is -2.08. The minimum atomic E-state index is -0.573. The minimum Gasteiger partial charge on any atom is -0.462 e. The van der Waals surface area contributed by atoms with E-state index in [0.29, 0.717) is 16.1 Å². The van der Waals surface area contributed by atoms with E-state index >= 15 is 0 Å². The van der Waals surface area contributed by atoms with Crippen molar-refractivity contribution in [2.45, 2.75) is 6.92 Å². The van der Waals surface area contributed by atoms with Crippen LogP contribution in [-0.4, -0.2) is 30.6 Å². The predicted molar refractivity (Wildman–Crippen MR) is 120 cm³/mol. The van der Waals surface area contributed by atoms with Gasteiger partial charge in [0.1, 0.15) is 27.3 Å². The van der Waals surface area contributed by atoms with Gasteiger partial charge in [-0.1, -0.05) is 41.7 Å². The number of thiophene rings is 1. The number of nitro benzene ring substituents is 1. The van der Waals surface area contributed by atoms with Gasteiger partial charge in [0.05, 0.1) is 17.1 Å². The Morgan fingerprint density at radius 3 is 2.62 bits per heavy atom. The van der Waals surface area contributed by atoms with E-state index in [2.05, 4.69) is 15.1 Å². The molecule has 1 aromatic heterocycles. The number of carbonyl (C=O) groups is 1. The lowest BCUT2D eigenvalue weighted by Gasteiger charge is -2.08. The molecule has 2 aromatic carbocycles. The van der Waals surface area contributed by atoms with Gasteiger partial charge in [0.15, 0.2) is 0 Å². The normalized spacial score (nSPS) is 12.6. The summed E-state index contributed by atoms with van der Waals surface area (Å²) in [4.78, 5) is 25.3. The van der Waals surface area contributed by atoms with Crippen LogP contribution in [0.15, 0.2) is 58.8 Å². The standard InChI is InChI=1S/C22H17N5O4S/c1-2-31-22(28)19-18(14-6-4-3-5-7-14)20(32-21(19)26-10-11-26)25-24-17-9-8-16(27(29)30)12-15(17)13-23/h3-9,12H,2,10-11H2,1H3. The molecule has 3 aromatic rings. The maximum atomic E-state index is 12.9. The molecule has 0 N–H and O–H groups in total. The van der Waals surface area contributed by atoms with E-state index in [1.165, 1.54) is 23.5 Å². The molecule has 32 heavy (non-hydrogen) atoms. The Hall–Kier alpha value is -4.10. The Labute approximate surface area is 187 Å². The molecule has 1 aliphatic rings. The van der Waals surface area contributed by atoms with Gasteiger partial charge in [-0.15, -0.1) is 10.2 Å². The molecule has 0 atom stereocenters. The van der Waals surface area contributed by atoms with Gasteiger partial charge >= 0.3 is 5.97 Å². The molecule has 0 amide bonds. The van der Waals surface area contributed by atoms with E-state index in [9.17, 15) is 20.2 Å². The van der Waals surface area contributed by atoms with E-state index in [1.807, 2.05) is 36.4 Å². The summed E-state index contributed by atoms with van der Waals surface area (Å²) in [6.07, 6.45) is 0. The third-order valence-corrected chi connectivity index (χ3v) is 5.84. The summed E-state index contributed by atoms with van der Waals surface area (Å²) in [5.41, 5.74) is 1.89. The van der Waals surface area contributed by atoms with Gasteiger partial charge in [-0.05, 0) is 18.6 Å². The Morgan fingerprint density at radius 1 is 1.25 bits per heavy atom. The molecule has 0 saturated carbocycles. The summed E-state index contributed by atoms with van der Waals surface area (Å²) >= 11 is 1.32. The van der Waals surface area contributed by atoms with Crippen molar-refractivity contribution in [2.75, 3.05) is 24.6 Å². The van der Waals surface area contributed by atoms with Gasteiger partial charge in [0.25, 0.3) is 5.69 Å². The fourth-order valence-corrected chi connectivity index (χ4v) is 4.32. The molecule has 0 unspecified atom stereocenters. The van der Waals surface area contributed by atoms with E-state index in [-0.39, 0.29) is 23.5 Å². The van der Waals surface area contributed by atoms with E-state index in [1.54, 1.807) is 6.92 Å². The minimum absolute atomic E-state index is 0.0394. The lowest BCUT2D eigenvalue weighted by molar-refractivity contribution is -0.384. The Kier molecular flexibility index (Phi) is 5.91. The third kappa shape index (κ3) is 4.19. The zero-order valence-corrected chi connectivity index (χ0v) is 17.8. The average molecular weight is 447 g/mol. The van der Waals surface area contributed by atoms with Crippen molar-refractivity contribution in [1.29, 1.82) is 5.26 Å². The topological polar surface area (TPSA) is 121 Å². The highest BCUT2D eigenvalue weighted by atomic mass is 32.1. The van der Waals surface area contributed by atoms with E-state index in [0.717, 1.165) is 29.7 Å². The highest BCUT2D eigenvalue weighted by molar-refractivity contribution is 7.21. The summed E-state index contributed by atoms with van der Waals surface area (Å²) in [5.74, 6) is -0.431. The second-order valence-electron chi connectivity index (χ2n) is 6.81. The van der Waals surface area contributed by atoms with Crippen molar-refractivity contribution in [3.8, 4) is 17.2 Å². The Morgan fingerprint density at radius 2 is 2.00 bits per heavy atom. The molecule has 0 radical (unpaired) electrons. The Bertz CT molecular complexity index is 1260. The van der Waals surface area contributed by atoms with Crippen LogP contribution in [-0.2, 0) is 4.74 Å². The number of non-ortho nitro benzene ring substituents is 1. The van der Waals surface area contributed by atoms with Crippen LogP contribution < -0.4 is 4.90 Å². The van der Waals surface area contributed by atoms with Crippen molar-refractivity contribution >= 4 is 38.7 Å². The molecule has 1 aliphatic heterocycles. The maximum absolute atomic E-state index is 12.9. The van der Waals surface area contributed by atoms with Gasteiger partial charge in [-0.3, -0.25) is 10.1 Å². The number of carbonyl (C=O) groups excluding carboxylic acids is 1. The molecule has 0 spiro atoms. The van der Waals surface area contributed by atoms with Crippen molar-refractivity contribution in [3.63, 3.8) is 0 Å². The smallest absolute Gasteiger partial charge is 0.341 e. The average Bonchev–Trinajstić information content (AvgIpc) is 3.58. The number of nitrogens with zero attached hydrogens (tertiary/aromatic N) is 5. The molecule has 9 nitrogen and oxygen atoms in total. The summed E-state index contributed by atoms with van der Waals surface area (Å²) in [7, 11) is 0. The molecule has 0 bridgehead atoms. The number of hydrogen-bond donors (Lipinski definition) is 0. The van der Waals surface area contributed by atoms with Crippen LogP contribution in [0.3, 0.4) is 0 Å². The van der Waals surface area contributed by atoms with Gasteiger partial charge in [-0.25, -0.2) is 4.79 Å². The first-order valence-electron chi connectivity index (χ1n) is 9.78. The van der Waals surface area contributed by atoms with Gasteiger partial charge < -0.3 is 9.64 Å². The van der Waals surface area contributed by atoms with Crippen molar-refractivity contribution in [2.24, 2.45) is 10.2 Å². The molecule has 1 saturated heterocycles. The second kappa shape index (κ2) is 8.95. The summed E-state index contributed by atoms with van der Waals surface area (Å²) < 4.78 is 5.32. The predicted octanol–water partition coefficient (Wildman–Crippen LogP) is 5.61. The SMILES string of the molecule is CCOC(=O)c1c(N2CC2)sc(N=Nc2ccc([N+](=O)[O-])cc2C#N)c1-c1ccccc1. The number of hydrogen-bond acceptors (Lipinski definition) is 9. The van der Waals surface area contributed by atoms with E-state index in [4.69, 9.17) is 4.74 Å². The maximum Gasteiger partial charge on any atom is 0.341 e. The van der Waals surface area contributed by atoms with Crippen molar-refractivity contribution in [3.05, 3.63) is 69.8 Å². The number of nitriles is 1. The quantitative estimate of drug-likeness (QED) is 0.153. The van der Waals surface area contributed by atoms with Crippen LogP contribution in [0.4, 0.5) is 21.4 Å². The highest BCUT2D eigenvalue weighted by Gasteiger charge is 2.33. The number of esters is 1. The molecule has 160 valence electrons. The van der Waals surface area contributed by atoms with Crippen LogP contribution in [0, 0.1) is 21.4 Å². The number of anilines is 1. The first-order chi connectivity index (χ1) is 15.5. The Balaban J connectivity index is 1.84. The fourth-order valence-electron chi connectivity index (χ4n) is 3.13. The number of benzene rings is 2. The zero-order valence-electron chi connectivity index (χ0n) is 17.0. The number of ether oxygens (including phenoxy) is 1. The fraction of sp³-hybridized carbons (Fsp3) is 0.182. The van der Waals surface area contributed by atoms with Crippen LogP contribution in [0.5, 0.6) is 0 Å². The van der Waals surface area contributed by atoms with Gasteiger partial charge in [0.2, 0.25) is 0 Å². The zero-order chi connectivity index (χ0) is 22.7. The summed E-state index contributed by atoms with van der Waals surface area (Å²) in [6.45, 7) is 3.66. The highest BCUT2D eigenvalue weighted by Crippen LogP contribution is 2.49. The van der Waals surface area contributed by atoms with Crippen molar-refractivity contribution < 1.29 is 14.5 Å². The van der Waals surface area contributed by atoms with Crippen LogP contribution >= 0.6 is 11.3 Å².